The summed E-state index contributed by atoms with van der Waals surface area (Å²) < 4.78 is 0. The maximum absolute atomic E-state index is 2.44. The molecule has 0 amide bonds. The molecule has 0 fully saturated rings. The van der Waals surface area contributed by atoms with Crippen molar-refractivity contribution in [3.63, 3.8) is 0 Å². The molecule has 0 saturated heterocycles. The van der Waals surface area contributed by atoms with Gasteiger partial charge in [-0.3, -0.25) is 0 Å². The third-order valence-electron chi connectivity index (χ3n) is 6.01. The molecule has 1 aliphatic carbocycles. The predicted octanol–water partition coefficient (Wildman–Crippen LogP) is 8.72. The minimum Gasteiger partial charge on any atom is -0.0587 e. The van der Waals surface area contributed by atoms with E-state index in [1.807, 2.05) is 0 Å². The van der Waals surface area contributed by atoms with E-state index in [0.29, 0.717) is 17.8 Å². The lowest BCUT2D eigenvalue weighted by atomic mass is 9.84. The summed E-state index contributed by atoms with van der Waals surface area (Å²) in [4.78, 5) is 0. The van der Waals surface area contributed by atoms with Crippen molar-refractivity contribution in [1.82, 2.24) is 0 Å². The maximum atomic E-state index is 2.44. The highest BCUT2D eigenvalue weighted by Crippen LogP contribution is 2.45. The molecule has 0 nitrogen and oxygen atoms in total. The SMILES string of the molecule is CC(C)c1cc(-c2c(C(C)C)ccc3c2C=C(C(C)(C)C)[CH]3)cc(C(C)C)c1. The Morgan fingerprint density at radius 1 is 0.714 bits per heavy atom. The van der Waals surface area contributed by atoms with Crippen LogP contribution in [0.1, 0.15) is 108 Å². The Balaban J connectivity index is 2.31. The average molecular weight is 374 g/mol. The van der Waals surface area contributed by atoms with Crippen LogP contribution in [0.4, 0.5) is 0 Å². The predicted molar refractivity (Wildman–Crippen MR) is 125 cm³/mol. The van der Waals surface area contributed by atoms with Gasteiger partial charge in [-0.1, -0.05) is 104 Å². The Hall–Kier alpha value is -1.82. The van der Waals surface area contributed by atoms with Crippen LogP contribution >= 0.6 is 0 Å². The van der Waals surface area contributed by atoms with Crippen molar-refractivity contribution in [3.05, 3.63) is 70.1 Å². The lowest BCUT2D eigenvalue weighted by Gasteiger charge is -2.20. The zero-order valence-electron chi connectivity index (χ0n) is 19.3. The van der Waals surface area contributed by atoms with E-state index < -0.39 is 0 Å². The molecule has 1 aliphatic rings. The van der Waals surface area contributed by atoms with Gasteiger partial charge in [-0.05, 0) is 62.1 Å². The second kappa shape index (κ2) is 7.54. The molecule has 0 heterocycles. The van der Waals surface area contributed by atoms with Gasteiger partial charge in [-0.2, -0.15) is 0 Å². The third kappa shape index (κ3) is 3.97. The molecular formula is C28H37. The second-order valence-electron chi connectivity index (χ2n) is 10.4. The van der Waals surface area contributed by atoms with Gasteiger partial charge in [0, 0.05) is 6.42 Å². The lowest BCUT2D eigenvalue weighted by molar-refractivity contribution is 0.516. The quantitative estimate of drug-likeness (QED) is 0.502. The van der Waals surface area contributed by atoms with Crippen LogP contribution in [0.2, 0.25) is 0 Å². The molecule has 28 heavy (non-hydrogen) atoms. The number of benzene rings is 2. The van der Waals surface area contributed by atoms with Gasteiger partial charge in [0.2, 0.25) is 0 Å². The Kier molecular flexibility index (Phi) is 5.63. The van der Waals surface area contributed by atoms with E-state index in [0.717, 1.165) is 0 Å². The summed E-state index contributed by atoms with van der Waals surface area (Å²) in [5.41, 5.74) is 11.5. The molecule has 0 aliphatic heterocycles. The summed E-state index contributed by atoms with van der Waals surface area (Å²) in [6, 6.07) is 11.9. The van der Waals surface area contributed by atoms with Gasteiger partial charge in [0.15, 0.2) is 0 Å². The minimum atomic E-state index is 0.164. The first-order valence-corrected chi connectivity index (χ1v) is 10.9. The normalized spacial score (nSPS) is 14.2. The summed E-state index contributed by atoms with van der Waals surface area (Å²) in [5, 5.41) is 0. The molecule has 0 aromatic heterocycles. The molecule has 0 unspecified atom stereocenters. The summed E-state index contributed by atoms with van der Waals surface area (Å²) in [6.45, 7) is 20.7. The number of rotatable bonds is 4. The van der Waals surface area contributed by atoms with Gasteiger partial charge < -0.3 is 0 Å². The molecule has 0 N–H and O–H groups in total. The number of hydrogen-bond donors (Lipinski definition) is 0. The second-order valence-corrected chi connectivity index (χ2v) is 10.4. The van der Waals surface area contributed by atoms with Gasteiger partial charge in [0.05, 0.1) is 0 Å². The fourth-order valence-electron chi connectivity index (χ4n) is 4.02. The van der Waals surface area contributed by atoms with Crippen LogP contribution in [-0.2, 0) is 0 Å². The molecule has 0 spiro atoms. The number of allylic oxidation sites excluding steroid dienone is 1. The molecule has 2 aromatic carbocycles. The lowest BCUT2D eigenvalue weighted by Crippen LogP contribution is -2.07. The first-order chi connectivity index (χ1) is 13.0. The van der Waals surface area contributed by atoms with Crippen LogP contribution < -0.4 is 0 Å². The third-order valence-corrected chi connectivity index (χ3v) is 6.01. The van der Waals surface area contributed by atoms with Crippen LogP contribution in [-0.4, -0.2) is 0 Å². The van der Waals surface area contributed by atoms with Gasteiger partial charge in [0.1, 0.15) is 0 Å². The first-order valence-electron chi connectivity index (χ1n) is 10.9. The number of fused-ring (bicyclic) bond motifs is 1. The molecule has 0 bridgehead atoms. The molecule has 0 saturated carbocycles. The molecule has 149 valence electrons. The largest absolute Gasteiger partial charge is 0.0587 e. The molecule has 1 radical (unpaired) electrons. The summed E-state index contributed by atoms with van der Waals surface area (Å²) in [7, 11) is 0. The van der Waals surface area contributed by atoms with Crippen molar-refractivity contribution < 1.29 is 0 Å². The van der Waals surface area contributed by atoms with E-state index in [9.17, 15) is 0 Å². The summed E-state index contributed by atoms with van der Waals surface area (Å²) in [6.07, 6.45) is 4.83. The zero-order chi connectivity index (χ0) is 20.8. The standard InChI is InChI=1S/C28H37/c1-17(2)21-12-22(18(3)4)14-23(13-21)27-25(19(5)6)11-10-20-15-24(16-26(20)27)28(7,8)9/h10-19H,1-9H3. The van der Waals surface area contributed by atoms with E-state index in [1.165, 1.54) is 44.5 Å². The van der Waals surface area contributed by atoms with Crippen molar-refractivity contribution in [2.75, 3.05) is 0 Å². The van der Waals surface area contributed by atoms with Crippen LogP contribution in [0, 0.1) is 11.8 Å². The van der Waals surface area contributed by atoms with Crippen LogP contribution in [0.3, 0.4) is 0 Å². The molecule has 3 rings (SSSR count). The highest BCUT2D eigenvalue weighted by atomic mass is 14.3. The van der Waals surface area contributed by atoms with Crippen LogP contribution in [0.15, 0.2) is 35.9 Å². The van der Waals surface area contributed by atoms with Gasteiger partial charge in [0.25, 0.3) is 0 Å². The fourth-order valence-corrected chi connectivity index (χ4v) is 4.02. The van der Waals surface area contributed by atoms with Gasteiger partial charge in [-0.25, -0.2) is 0 Å². The van der Waals surface area contributed by atoms with Crippen molar-refractivity contribution in [1.29, 1.82) is 0 Å². The molecular weight excluding hydrogens is 336 g/mol. The Morgan fingerprint density at radius 2 is 1.29 bits per heavy atom. The molecule has 0 atom stereocenters. The average Bonchev–Trinajstić information content (AvgIpc) is 3.04. The van der Waals surface area contributed by atoms with E-state index >= 15 is 0 Å². The summed E-state index contributed by atoms with van der Waals surface area (Å²) in [5.74, 6) is 1.56. The topological polar surface area (TPSA) is 0 Å². The minimum absolute atomic E-state index is 0.164. The zero-order valence-corrected chi connectivity index (χ0v) is 19.3. The van der Waals surface area contributed by atoms with Crippen molar-refractivity contribution in [2.45, 2.75) is 80.1 Å². The Bertz CT molecular complexity index is 872. The highest BCUT2D eigenvalue weighted by Gasteiger charge is 2.27. The summed E-state index contributed by atoms with van der Waals surface area (Å²) >= 11 is 0. The highest BCUT2D eigenvalue weighted by molar-refractivity contribution is 5.86. The smallest absolute Gasteiger partial charge is 0.0170 e. The van der Waals surface area contributed by atoms with E-state index in [1.54, 1.807) is 0 Å². The first kappa shape index (κ1) is 20.9. The van der Waals surface area contributed by atoms with Crippen molar-refractivity contribution in [3.8, 4) is 11.1 Å². The van der Waals surface area contributed by atoms with Crippen molar-refractivity contribution in [2.24, 2.45) is 5.41 Å². The Morgan fingerprint density at radius 3 is 1.75 bits per heavy atom. The van der Waals surface area contributed by atoms with Crippen molar-refractivity contribution >= 4 is 6.08 Å². The van der Waals surface area contributed by atoms with Crippen LogP contribution in [0.25, 0.3) is 17.2 Å². The van der Waals surface area contributed by atoms with Gasteiger partial charge in [-0.15, -0.1) is 0 Å². The monoisotopic (exact) mass is 373 g/mol. The van der Waals surface area contributed by atoms with E-state index in [-0.39, 0.29) is 5.41 Å². The number of hydrogen-bond acceptors (Lipinski definition) is 0. The molecule has 0 heteroatoms. The fraction of sp³-hybridized carbons (Fsp3) is 0.464. The maximum Gasteiger partial charge on any atom is 0.0170 e. The molecule has 2 aromatic rings. The van der Waals surface area contributed by atoms with Crippen LogP contribution in [0.5, 0.6) is 0 Å². The Labute approximate surface area is 173 Å². The van der Waals surface area contributed by atoms with Gasteiger partial charge >= 0.3 is 0 Å². The van der Waals surface area contributed by atoms with E-state index in [2.05, 4.69) is 105 Å². The van der Waals surface area contributed by atoms with E-state index in [4.69, 9.17) is 0 Å².